The lowest BCUT2D eigenvalue weighted by atomic mass is 10.1. The zero-order valence-corrected chi connectivity index (χ0v) is 15.0. The minimum atomic E-state index is -4.38. The van der Waals surface area contributed by atoms with E-state index < -0.39 is 24.7 Å². The summed E-state index contributed by atoms with van der Waals surface area (Å²) >= 11 is 3.40. The van der Waals surface area contributed by atoms with Crippen LogP contribution in [0.5, 0.6) is 5.75 Å². The Balaban J connectivity index is 1.78. The van der Waals surface area contributed by atoms with Gasteiger partial charge in [-0.15, -0.1) is 0 Å². The van der Waals surface area contributed by atoms with E-state index in [4.69, 9.17) is 4.74 Å². The Morgan fingerprint density at radius 3 is 2.60 bits per heavy atom. The summed E-state index contributed by atoms with van der Waals surface area (Å²) in [6.07, 6.45) is -4.38. The van der Waals surface area contributed by atoms with Crippen LogP contribution in [0.1, 0.15) is 6.92 Å². The van der Waals surface area contributed by atoms with Crippen LogP contribution in [0.4, 0.5) is 13.2 Å². The largest absolute Gasteiger partial charge is 0.484 e. The standard InChI is InChI=1S/C17H17BrF3NO3/c1-11(8-24-10-17(19,20)21)22-16(23)9-25-15-5-3-12-6-14(18)4-2-13(12)7-15/h2-7,11H,8-10H2,1H3,(H,22,23). The number of alkyl halides is 3. The summed E-state index contributed by atoms with van der Waals surface area (Å²) in [6.45, 7) is -0.235. The number of carbonyl (C=O) groups excluding carboxylic acids is 1. The van der Waals surface area contributed by atoms with E-state index in [1.165, 1.54) is 0 Å². The van der Waals surface area contributed by atoms with Crippen LogP contribution in [0.3, 0.4) is 0 Å². The number of fused-ring (bicyclic) bond motifs is 1. The fraction of sp³-hybridized carbons (Fsp3) is 0.353. The first-order valence-electron chi connectivity index (χ1n) is 7.49. The Morgan fingerprint density at radius 2 is 1.88 bits per heavy atom. The van der Waals surface area contributed by atoms with E-state index in [0.29, 0.717) is 5.75 Å². The first-order chi connectivity index (χ1) is 11.7. The van der Waals surface area contributed by atoms with Crippen molar-refractivity contribution < 1.29 is 27.4 Å². The number of carbonyl (C=O) groups is 1. The van der Waals surface area contributed by atoms with Crippen molar-refractivity contribution in [1.82, 2.24) is 5.32 Å². The lowest BCUT2D eigenvalue weighted by Gasteiger charge is -2.15. The van der Waals surface area contributed by atoms with Crippen molar-refractivity contribution >= 4 is 32.6 Å². The fourth-order valence-electron chi connectivity index (χ4n) is 2.14. The van der Waals surface area contributed by atoms with Gasteiger partial charge < -0.3 is 14.8 Å². The van der Waals surface area contributed by atoms with Crippen LogP contribution in [0, 0.1) is 0 Å². The number of amides is 1. The van der Waals surface area contributed by atoms with Crippen LogP contribution in [0.2, 0.25) is 0 Å². The van der Waals surface area contributed by atoms with Crippen molar-refractivity contribution in [3.63, 3.8) is 0 Å². The highest BCUT2D eigenvalue weighted by molar-refractivity contribution is 9.10. The van der Waals surface area contributed by atoms with E-state index in [1.54, 1.807) is 13.0 Å². The second kappa shape index (κ2) is 8.53. The highest BCUT2D eigenvalue weighted by Crippen LogP contribution is 2.24. The second-order valence-corrected chi connectivity index (χ2v) is 6.46. The predicted molar refractivity (Wildman–Crippen MR) is 91.6 cm³/mol. The van der Waals surface area contributed by atoms with Crippen molar-refractivity contribution in [2.75, 3.05) is 19.8 Å². The Labute approximate surface area is 151 Å². The van der Waals surface area contributed by atoms with Gasteiger partial charge >= 0.3 is 6.18 Å². The molecule has 1 N–H and O–H groups in total. The maximum absolute atomic E-state index is 12.0. The monoisotopic (exact) mass is 419 g/mol. The van der Waals surface area contributed by atoms with Gasteiger partial charge in [0.2, 0.25) is 0 Å². The molecule has 2 rings (SSSR count). The van der Waals surface area contributed by atoms with Crippen LogP contribution in [-0.4, -0.2) is 37.9 Å². The van der Waals surface area contributed by atoms with E-state index in [9.17, 15) is 18.0 Å². The fourth-order valence-corrected chi connectivity index (χ4v) is 2.52. The predicted octanol–water partition coefficient (Wildman–Crippen LogP) is 4.06. The summed E-state index contributed by atoms with van der Waals surface area (Å²) in [6, 6.07) is 10.7. The molecule has 0 aromatic heterocycles. The van der Waals surface area contributed by atoms with Gasteiger partial charge in [-0.3, -0.25) is 4.79 Å². The highest BCUT2D eigenvalue weighted by Gasteiger charge is 2.27. The quantitative estimate of drug-likeness (QED) is 0.735. The average Bonchev–Trinajstić information content (AvgIpc) is 2.51. The molecule has 0 aliphatic rings. The SMILES string of the molecule is CC(COCC(F)(F)F)NC(=O)COc1ccc2cc(Br)ccc2c1. The Kier molecular flexibility index (Phi) is 6.66. The van der Waals surface area contributed by atoms with Gasteiger partial charge in [-0.25, -0.2) is 0 Å². The topological polar surface area (TPSA) is 47.6 Å². The molecule has 4 nitrogen and oxygen atoms in total. The van der Waals surface area contributed by atoms with Crippen molar-refractivity contribution in [1.29, 1.82) is 0 Å². The van der Waals surface area contributed by atoms with Crippen molar-refractivity contribution in [2.45, 2.75) is 19.1 Å². The molecule has 136 valence electrons. The molecule has 25 heavy (non-hydrogen) atoms. The molecule has 2 aromatic carbocycles. The van der Waals surface area contributed by atoms with Crippen molar-refractivity contribution in [3.05, 3.63) is 40.9 Å². The number of halogens is 4. The summed E-state index contributed by atoms with van der Waals surface area (Å²) < 4.78 is 46.8. The lowest BCUT2D eigenvalue weighted by Crippen LogP contribution is -2.39. The number of rotatable bonds is 7. The third-order valence-corrected chi connectivity index (χ3v) is 3.68. The first-order valence-corrected chi connectivity index (χ1v) is 8.28. The minimum Gasteiger partial charge on any atom is -0.484 e. The summed E-state index contributed by atoms with van der Waals surface area (Å²) in [5.74, 6) is 0.102. The summed E-state index contributed by atoms with van der Waals surface area (Å²) in [5.41, 5.74) is 0. The van der Waals surface area contributed by atoms with E-state index in [1.807, 2.05) is 30.3 Å². The molecular formula is C17H17BrF3NO3. The van der Waals surface area contributed by atoms with Crippen LogP contribution >= 0.6 is 15.9 Å². The maximum atomic E-state index is 12.0. The smallest absolute Gasteiger partial charge is 0.411 e. The molecule has 1 unspecified atom stereocenters. The number of hydrogen-bond acceptors (Lipinski definition) is 3. The molecule has 0 saturated carbocycles. The molecule has 0 aliphatic carbocycles. The van der Waals surface area contributed by atoms with Gasteiger partial charge in [-0.2, -0.15) is 13.2 Å². The lowest BCUT2D eigenvalue weighted by molar-refractivity contribution is -0.175. The van der Waals surface area contributed by atoms with Gasteiger partial charge in [0.05, 0.1) is 6.61 Å². The third kappa shape index (κ3) is 6.91. The second-order valence-electron chi connectivity index (χ2n) is 5.54. The van der Waals surface area contributed by atoms with Crippen molar-refractivity contribution in [2.24, 2.45) is 0 Å². The number of ether oxygens (including phenoxy) is 2. The molecule has 0 heterocycles. The van der Waals surface area contributed by atoms with Gasteiger partial charge in [-0.1, -0.05) is 28.1 Å². The molecule has 1 amide bonds. The Hall–Kier alpha value is -1.80. The number of benzene rings is 2. The van der Waals surface area contributed by atoms with Gasteiger partial charge in [0, 0.05) is 10.5 Å². The molecule has 0 radical (unpaired) electrons. The van der Waals surface area contributed by atoms with E-state index in [2.05, 4.69) is 26.0 Å². The van der Waals surface area contributed by atoms with Crippen LogP contribution in [0.15, 0.2) is 40.9 Å². The molecule has 0 bridgehead atoms. The van der Waals surface area contributed by atoms with Crippen LogP contribution in [0.25, 0.3) is 10.8 Å². The summed E-state index contributed by atoms with van der Waals surface area (Å²) in [7, 11) is 0. The molecule has 2 aromatic rings. The molecule has 0 aliphatic heterocycles. The zero-order valence-electron chi connectivity index (χ0n) is 13.4. The zero-order chi connectivity index (χ0) is 18.4. The molecule has 1 atom stereocenters. The van der Waals surface area contributed by atoms with Gasteiger partial charge in [-0.05, 0) is 42.0 Å². The summed E-state index contributed by atoms with van der Waals surface area (Å²) in [5, 5.41) is 4.52. The van der Waals surface area contributed by atoms with E-state index in [-0.39, 0.29) is 13.2 Å². The molecular weight excluding hydrogens is 403 g/mol. The third-order valence-electron chi connectivity index (χ3n) is 3.18. The van der Waals surface area contributed by atoms with Crippen LogP contribution < -0.4 is 10.1 Å². The normalized spacial score (nSPS) is 12.8. The van der Waals surface area contributed by atoms with Gasteiger partial charge in [0.25, 0.3) is 5.91 Å². The Bertz CT molecular complexity index is 737. The maximum Gasteiger partial charge on any atom is 0.411 e. The van der Waals surface area contributed by atoms with Crippen LogP contribution in [-0.2, 0) is 9.53 Å². The molecule has 0 fully saturated rings. The summed E-state index contributed by atoms with van der Waals surface area (Å²) in [4.78, 5) is 11.8. The van der Waals surface area contributed by atoms with Crippen molar-refractivity contribution in [3.8, 4) is 5.75 Å². The van der Waals surface area contributed by atoms with E-state index >= 15 is 0 Å². The molecule has 0 saturated heterocycles. The Morgan fingerprint density at radius 1 is 1.20 bits per heavy atom. The van der Waals surface area contributed by atoms with E-state index in [0.717, 1.165) is 15.2 Å². The van der Waals surface area contributed by atoms with Gasteiger partial charge in [0.15, 0.2) is 6.61 Å². The minimum absolute atomic E-state index is 0.226. The average molecular weight is 420 g/mol. The first kappa shape index (κ1) is 19.5. The highest BCUT2D eigenvalue weighted by atomic mass is 79.9. The number of hydrogen-bond donors (Lipinski definition) is 1. The molecule has 0 spiro atoms. The molecule has 8 heteroatoms. The number of nitrogens with one attached hydrogen (secondary N) is 1. The van der Waals surface area contributed by atoms with Gasteiger partial charge in [0.1, 0.15) is 12.4 Å².